The first kappa shape index (κ1) is 16.7. The van der Waals surface area contributed by atoms with Gasteiger partial charge in [0.05, 0.1) is 6.61 Å². The lowest BCUT2D eigenvalue weighted by atomic mass is 9.98. The minimum Gasteiger partial charge on any atom is -0.306 e. The maximum absolute atomic E-state index is 12.7. The number of benzene rings is 2. The van der Waals surface area contributed by atoms with Crippen LogP contribution in [0.4, 0.5) is 0 Å². The second-order valence-electron chi connectivity index (χ2n) is 5.92. The van der Waals surface area contributed by atoms with E-state index in [1.54, 1.807) is 0 Å². The topological polar surface area (TPSA) is 29.5 Å². The van der Waals surface area contributed by atoms with Gasteiger partial charge < -0.3 is 4.52 Å². The number of nitrogens with zero attached hydrogens (tertiary/aromatic N) is 1. The molecule has 0 bridgehead atoms. The average molecular weight is 350 g/mol. The van der Waals surface area contributed by atoms with Crippen LogP contribution < -0.4 is 0 Å². The van der Waals surface area contributed by atoms with Gasteiger partial charge in [0.25, 0.3) is 0 Å². The van der Waals surface area contributed by atoms with Gasteiger partial charge in [-0.2, -0.15) is 0 Å². The van der Waals surface area contributed by atoms with Crippen LogP contribution in [0.2, 0.25) is 0 Å². The second-order valence-corrected chi connectivity index (χ2v) is 8.87. The third kappa shape index (κ3) is 4.05. The third-order valence-electron chi connectivity index (χ3n) is 4.18. The van der Waals surface area contributed by atoms with Crippen LogP contribution in [0.1, 0.15) is 29.2 Å². The Bertz CT molecular complexity index is 690. The van der Waals surface area contributed by atoms with Gasteiger partial charge in [0.15, 0.2) is 0 Å². The summed E-state index contributed by atoms with van der Waals surface area (Å²) < 4.78 is 19.9. The van der Waals surface area contributed by atoms with Crippen molar-refractivity contribution >= 4 is 18.1 Å². The fourth-order valence-corrected chi connectivity index (χ4v) is 5.12. The zero-order valence-electron chi connectivity index (χ0n) is 13.2. The summed E-state index contributed by atoms with van der Waals surface area (Å²) in [7, 11) is 0. The number of aryl methyl sites for hydroxylation is 1. The summed E-state index contributed by atoms with van der Waals surface area (Å²) in [5.41, 5.74) is 3.54. The first-order chi connectivity index (χ1) is 11.1. The molecule has 0 aliphatic carbocycles. The van der Waals surface area contributed by atoms with Gasteiger partial charge in [-0.15, -0.1) is 0 Å². The molecule has 3 nitrogen and oxygen atoms in total. The summed E-state index contributed by atoms with van der Waals surface area (Å²) in [5, 5.41) is 0. The molecule has 2 atom stereocenters. The van der Waals surface area contributed by atoms with Crippen LogP contribution in [0, 0.1) is 6.92 Å². The fraction of sp³-hybridized carbons (Fsp3) is 0.333. The summed E-state index contributed by atoms with van der Waals surface area (Å²) in [5.74, 6) is 0. The molecule has 1 fully saturated rings. The van der Waals surface area contributed by atoms with Crippen molar-refractivity contribution in [3.05, 3.63) is 71.3 Å². The molecule has 0 radical (unpaired) electrons. The molecule has 2 unspecified atom stereocenters. The molecule has 0 aromatic heterocycles. The molecular formula is C18H21ClNO2P. The molecule has 1 aliphatic heterocycles. The molecule has 122 valence electrons. The van der Waals surface area contributed by atoms with Gasteiger partial charge in [0.2, 0.25) is 0 Å². The zero-order chi connectivity index (χ0) is 16.3. The Hall–Kier alpha value is -1.12. The largest absolute Gasteiger partial charge is 0.363 e. The average Bonchev–Trinajstić information content (AvgIpc) is 2.55. The molecule has 5 heteroatoms. The Balaban J connectivity index is 1.93. The number of hydrogen-bond acceptors (Lipinski definition) is 2. The van der Waals surface area contributed by atoms with Gasteiger partial charge in [-0.1, -0.05) is 60.2 Å². The first-order valence-corrected chi connectivity index (χ1v) is 10.4. The van der Waals surface area contributed by atoms with Crippen LogP contribution in [0.25, 0.3) is 0 Å². The molecule has 1 aliphatic rings. The predicted octanol–water partition coefficient (Wildman–Crippen LogP) is 5.35. The number of rotatable bonds is 4. The van der Waals surface area contributed by atoms with Crippen molar-refractivity contribution in [1.29, 1.82) is 0 Å². The first-order valence-electron chi connectivity index (χ1n) is 7.88. The number of hydrogen-bond donors (Lipinski definition) is 0. The van der Waals surface area contributed by atoms with Crippen molar-refractivity contribution in [2.24, 2.45) is 0 Å². The van der Waals surface area contributed by atoms with E-state index in [0.717, 1.165) is 18.4 Å². The highest BCUT2D eigenvalue weighted by molar-refractivity contribution is 7.83. The highest BCUT2D eigenvalue weighted by atomic mass is 35.7. The van der Waals surface area contributed by atoms with E-state index in [9.17, 15) is 4.57 Å². The van der Waals surface area contributed by atoms with E-state index in [4.69, 9.17) is 15.8 Å². The SMILES string of the molecule is Cc1ccc(CC(c2ccccc2)N2CCCOP2(=O)Cl)cc1. The summed E-state index contributed by atoms with van der Waals surface area (Å²) in [6.07, 6.45) is 1.60. The minimum absolute atomic E-state index is 0.0532. The van der Waals surface area contributed by atoms with E-state index >= 15 is 0 Å². The maximum atomic E-state index is 12.7. The van der Waals surface area contributed by atoms with E-state index in [-0.39, 0.29) is 6.04 Å². The van der Waals surface area contributed by atoms with Gasteiger partial charge in [-0.3, -0.25) is 4.57 Å². The van der Waals surface area contributed by atoms with E-state index in [1.165, 1.54) is 11.1 Å². The lowest BCUT2D eigenvalue weighted by molar-refractivity contribution is 0.187. The molecule has 0 spiro atoms. The van der Waals surface area contributed by atoms with Gasteiger partial charge in [-0.25, -0.2) is 4.67 Å². The quantitative estimate of drug-likeness (QED) is 0.697. The van der Waals surface area contributed by atoms with Gasteiger partial charge in [-0.05, 0) is 42.1 Å². The van der Waals surface area contributed by atoms with E-state index in [0.29, 0.717) is 13.2 Å². The van der Waals surface area contributed by atoms with Crippen molar-refractivity contribution in [3.63, 3.8) is 0 Å². The molecular weight excluding hydrogens is 329 g/mol. The third-order valence-corrected chi connectivity index (χ3v) is 6.65. The fourth-order valence-electron chi connectivity index (χ4n) is 2.94. The lowest BCUT2D eigenvalue weighted by Gasteiger charge is -2.37. The Kier molecular flexibility index (Phi) is 5.23. The molecule has 1 saturated heterocycles. The highest BCUT2D eigenvalue weighted by Gasteiger charge is 2.38. The summed E-state index contributed by atoms with van der Waals surface area (Å²) >= 11 is 6.23. The Morgan fingerprint density at radius 3 is 2.52 bits per heavy atom. The van der Waals surface area contributed by atoms with Crippen LogP contribution in [-0.4, -0.2) is 17.8 Å². The summed E-state index contributed by atoms with van der Waals surface area (Å²) in [6, 6.07) is 18.5. The molecule has 0 saturated carbocycles. The highest BCUT2D eigenvalue weighted by Crippen LogP contribution is 2.61. The van der Waals surface area contributed by atoms with Crippen molar-refractivity contribution in [1.82, 2.24) is 4.67 Å². The van der Waals surface area contributed by atoms with E-state index < -0.39 is 6.87 Å². The van der Waals surface area contributed by atoms with E-state index in [1.807, 2.05) is 22.9 Å². The molecule has 0 N–H and O–H groups in total. The molecule has 3 rings (SSSR count). The van der Waals surface area contributed by atoms with Crippen LogP contribution >= 0.6 is 18.1 Å². The second kappa shape index (κ2) is 7.19. The number of halogens is 1. The summed E-state index contributed by atoms with van der Waals surface area (Å²) in [6.45, 7) is -0.0377. The Morgan fingerprint density at radius 1 is 1.17 bits per heavy atom. The molecule has 1 heterocycles. The van der Waals surface area contributed by atoms with Crippen LogP contribution in [0.5, 0.6) is 0 Å². The standard InChI is InChI=1S/C18H21ClNO2P/c1-15-8-10-16(11-9-15)14-18(17-6-3-2-4-7-17)20-12-5-13-22-23(20,19)21/h2-4,6-11,18H,5,12-14H2,1H3. The molecule has 2 aromatic carbocycles. The van der Waals surface area contributed by atoms with Gasteiger partial charge >= 0.3 is 6.87 Å². The Morgan fingerprint density at radius 2 is 1.87 bits per heavy atom. The normalized spacial score (nSPS) is 23.6. The minimum atomic E-state index is -3.26. The zero-order valence-corrected chi connectivity index (χ0v) is 14.8. The van der Waals surface area contributed by atoms with Crippen LogP contribution in [0.3, 0.4) is 0 Å². The van der Waals surface area contributed by atoms with Crippen molar-refractivity contribution < 1.29 is 9.09 Å². The van der Waals surface area contributed by atoms with Gasteiger partial charge in [0, 0.05) is 12.6 Å². The van der Waals surface area contributed by atoms with Crippen molar-refractivity contribution in [2.45, 2.75) is 25.8 Å². The lowest BCUT2D eigenvalue weighted by Crippen LogP contribution is -2.31. The van der Waals surface area contributed by atoms with Crippen molar-refractivity contribution in [3.8, 4) is 0 Å². The molecule has 2 aromatic rings. The maximum Gasteiger partial charge on any atom is 0.363 e. The smallest absolute Gasteiger partial charge is 0.306 e. The molecule has 23 heavy (non-hydrogen) atoms. The van der Waals surface area contributed by atoms with E-state index in [2.05, 4.69) is 43.3 Å². The predicted molar refractivity (Wildman–Crippen MR) is 94.8 cm³/mol. The monoisotopic (exact) mass is 349 g/mol. The summed E-state index contributed by atoms with van der Waals surface area (Å²) in [4.78, 5) is 0. The van der Waals surface area contributed by atoms with Gasteiger partial charge in [0.1, 0.15) is 0 Å². The molecule has 0 amide bonds. The Labute approximate surface area is 142 Å². The van der Waals surface area contributed by atoms with Crippen molar-refractivity contribution in [2.75, 3.05) is 13.2 Å². The van der Waals surface area contributed by atoms with Crippen LogP contribution in [-0.2, 0) is 15.5 Å². The van der Waals surface area contributed by atoms with Crippen LogP contribution in [0.15, 0.2) is 54.6 Å².